The zero-order valence-electron chi connectivity index (χ0n) is 14.2. The number of ether oxygens (including phenoxy) is 1. The number of pyridine rings is 1. The van der Waals surface area contributed by atoms with E-state index >= 15 is 0 Å². The van der Waals surface area contributed by atoms with Crippen LogP contribution in [0.4, 0.5) is 0 Å². The molecule has 0 aliphatic carbocycles. The van der Waals surface area contributed by atoms with Gasteiger partial charge in [0.1, 0.15) is 17.9 Å². The van der Waals surface area contributed by atoms with Gasteiger partial charge in [-0.2, -0.15) is 0 Å². The minimum absolute atomic E-state index is 0.511. The van der Waals surface area contributed by atoms with Gasteiger partial charge in [0.2, 0.25) is 0 Å². The van der Waals surface area contributed by atoms with Crippen molar-refractivity contribution < 1.29 is 4.74 Å². The van der Waals surface area contributed by atoms with E-state index in [1.54, 1.807) is 0 Å². The second kappa shape index (κ2) is 6.16. The second-order valence-corrected chi connectivity index (χ2v) is 6.42. The minimum Gasteiger partial charge on any atom is -0.487 e. The molecule has 5 aromatic rings. The molecule has 0 fully saturated rings. The molecule has 2 heteroatoms. The highest BCUT2D eigenvalue weighted by atomic mass is 16.5. The normalized spacial score (nSPS) is 11.2. The Morgan fingerprint density at radius 3 is 2.08 bits per heavy atom. The van der Waals surface area contributed by atoms with Crippen LogP contribution in [0.3, 0.4) is 0 Å². The molecule has 0 saturated heterocycles. The van der Waals surface area contributed by atoms with Gasteiger partial charge in [-0.25, -0.2) is 0 Å². The van der Waals surface area contributed by atoms with Gasteiger partial charge in [0, 0.05) is 17.1 Å². The van der Waals surface area contributed by atoms with Crippen LogP contribution in [-0.2, 0) is 6.61 Å². The van der Waals surface area contributed by atoms with E-state index in [0.29, 0.717) is 6.61 Å². The van der Waals surface area contributed by atoms with Gasteiger partial charge in [-0.05, 0) is 39.7 Å². The fraction of sp³-hybridized carbons (Fsp3) is 0.0417. The molecule has 0 aliphatic rings. The number of aromatic nitrogens is 1. The molecule has 0 spiro atoms. The van der Waals surface area contributed by atoms with Crippen LogP contribution in [0.5, 0.6) is 5.75 Å². The molecule has 124 valence electrons. The Morgan fingerprint density at radius 1 is 0.654 bits per heavy atom. The van der Waals surface area contributed by atoms with E-state index in [1.165, 1.54) is 27.1 Å². The standard InChI is InChI=1S/C24H17NO/c1-3-11-20-18(7-1)15-19-8-2-4-12-21(19)22(20)16-26-23-13-5-9-17-10-6-14-25-24(17)23/h1-15H,16H2. The van der Waals surface area contributed by atoms with Gasteiger partial charge >= 0.3 is 0 Å². The molecule has 26 heavy (non-hydrogen) atoms. The lowest BCUT2D eigenvalue weighted by Crippen LogP contribution is -1.99. The van der Waals surface area contributed by atoms with Crippen molar-refractivity contribution in [1.82, 2.24) is 4.98 Å². The zero-order valence-corrected chi connectivity index (χ0v) is 14.2. The van der Waals surface area contributed by atoms with E-state index < -0.39 is 0 Å². The molecule has 1 heterocycles. The van der Waals surface area contributed by atoms with Crippen molar-refractivity contribution in [3.05, 3.63) is 96.7 Å². The summed E-state index contributed by atoms with van der Waals surface area (Å²) in [5, 5.41) is 6.04. The van der Waals surface area contributed by atoms with Gasteiger partial charge in [-0.15, -0.1) is 0 Å². The average Bonchev–Trinajstić information content (AvgIpc) is 2.71. The average molecular weight is 335 g/mol. The monoisotopic (exact) mass is 335 g/mol. The van der Waals surface area contributed by atoms with Gasteiger partial charge < -0.3 is 4.74 Å². The quantitative estimate of drug-likeness (QED) is 0.371. The molecule has 0 radical (unpaired) electrons. The number of rotatable bonds is 3. The van der Waals surface area contributed by atoms with Crippen LogP contribution in [0.2, 0.25) is 0 Å². The highest BCUT2D eigenvalue weighted by Gasteiger charge is 2.09. The Balaban J connectivity index is 1.64. The molecular weight excluding hydrogens is 318 g/mol. The fourth-order valence-corrected chi connectivity index (χ4v) is 3.61. The third-order valence-corrected chi connectivity index (χ3v) is 4.85. The lowest BCUT2D eigenvalue weighted by molar-refractivity contribution is 0.312. The first-order valence-electron chi connectivity index (χ1n) is 8.76. The smallest absolute Gasteiger partial charge is 0.146 e. The molecule has 0 atom stereocenters. The van der Waals surface area contributed by atoms with Crippen LogP contribution >= 0.6 is 0 Å². The summed E-state index contributed by atoms with van der Waals surface area (Å²) in [6.07, 6.45) is 1.81. The van der Waals surface area contributed by atoms with E-state index in [4.69, 9.17) is 4.74 Å². The van der Waals surface area contributed by atoms with Crippen molar-refractivity contribution >= 4 is 32.4 Å². The number of fused-ring (bicyclic) bond motifs is 3. The number of hydrogen-bond donors (Lipinski definition) is 0. The number of para-hydroxylation sites is 1. The van der Waals surface area contributed by atoms with Crippen LogP contribution < -0.4 is 4.74 Å². The van der Waals surface area contributed by atoms with Crippen LogP contribution in [0.15, 0.2) is 91.1 Å². The first kappa shape index (κ1) is 14.9. The van der Waals surface area contributed by atoms with Crippen molar-refractivity contribution in [1.29, 1.82) is 0 Å². The second-order valence-electron chi connectivity index (χ2n) is 6.42. The fourth-order valence-electron chi connectivity index (χ4n) is 3.61. The van der Waals surface area contributed by atoms with E-state index in [-0.39, 0.29) is 0 Å². The molecule has 0 bridgehead atoms. The summed E-state index contributed by atoms with van der Waals surface area (Å²) in [6, 6.07) is 29.3. The molecule has 5 rings (SSSR count). The highest BCUT2D eigenvalue weighted by molar-refractivity contribution is 6.02. The Bertz CT molecular complexity index is 1180. The summed E-state index contributed by atoms with van der Waals surface area (Å²) in [4.78, 5) is 4.49. The van der Waals surface area contributed by atoms with E-state index in [2.05, 4.69) is 71.7 Å². The predicted octanol–water partition coefficient (Wildman–Crippen LogP) is 6.12. The molecule has 0 amide bonds. The van der Waals surface area contributed by atoms with Crippen molar-refractivity contribution in [2.75, 3.05) is 0 Å². The third-order valence-electron chi connectivity index (χ3n) is 4.85. The van der Waals surface area contributed by atoms with Crippen molar-refractivity contribution in [2.45, 2.75) is 6.61 Å². The largest absolute Gasteiger partial charge is 0.487 e. The Hall–Kier alpha value is -3.39. The van der Waals surface area contributed by atoms with Crippen LogP contribution in [0.25, 0.3) is 32.4 Å². The number of nitrogens with zero attached hydrogens (tertiary/aromatic N) is 1. The molecule has 0 aliphatic heterocycles. The van der Waals surface area contributed by atoms with Crippen molar-refractivity contribution in [3.8, 4) is 5.75 Å². The van der Waals surface area contributed by atoms with Gasteiger partial charge in [0.25, 0.3) is 0 Å². The summed E-state index contributed by atoms with van der Waals surface area (Å²) in [6.45, 7) is 0.511. The maximum atomic E-state index is 6.26. The molecule has 0 N–H and O–H groups in total. The summed E-state index contributed by atoms with van der Waals surface area (Å²) < 4.78 is 6.26. The lowest BCUT2D eigenvalue weighted by atomic mass is 9.97. The lowest BCUT2D eigenvalue weighted by Gasteiger charge is -2.14. The SMILES string of the molecule is c1ccc2c(COc3cccc4cccnc34)c3ccccc3cc2c1. The topological polar surface area (TPSA) is 22.1 Å². The maximum Gasteiger partial charge on any atom is 0.146 e. The maximum absolute atomic E-state index is 6.26. The summed E-state index contributed by atoms with van der Waals surface area (Å²) in [5.41, 5.74) is 2.12. The summed E-state index contributed by atoms with van der Waals surface area (Å²) in [5.74, 6) is 0.820. The third kappa shape index (κ3) is 2.47. The number of benzene rings is 4. The van der Waals surface area contributed by atoms with Crippen LogP contribution in [-0.4, -0.2) is 4.98 Å². The van der Waals surface area contributed by atoms with E-state index in [9.17, 15) is 0 Å². The highest BCUT2D eigenvalue weighted by Crippen LogP contribution is 2.30. The molecular formula is C24H17NO. The van der Waals surface area contributed by atoms with Gasteiger partial charge in [0.15, 0.2) is 0 Å². The Kier molecular flexibility index (Phi) is 3.53. The van der Waals surface area contributed by atoms with Crippen LogP contribution in [0, 0.1) is 0 Å². The molecule has 0 saturated carbocycles. The minimum atomic E-state index is 0.511. The summed E-state index contributed by atoms with van der Waals surface area (Å²) >= 11 is 0. The first-order valence-corrected chi connectivity index (χ1v) is 8.76. The van der Waals surface area contributed by atoms with Gasteiger partial charge in [0.05, 0.1) is 0 Å². The Labute approximate surface area is 151 Å². The molecule has 2 nitrogen and oxygen atoms in total. The van der Waals surface area contributed by atoms with E-state index in [1.807, 2.05) is 24.4 Å². The van der Waals surface area contributed by atoms with Crippen LogP contribution in [0.1, 0.15) is 5.56 Å². The predicted molar refractivity (Wildman–Crippen MR) is 108 cm³/mol. The van der Waals surface area contributed by atoms with Gasteiger partial charge in [-0.3, -0.25) is 4.98 Å². The molecule has 4 aromatic carbocycles. The molecule has 1 aromatic heterocycles. The first-order chi connectivity index (χ1) is 12.9. The Morgan fingerprint density at radius 2 is 1.31 bits per heavy atom. The van der Waals surface area contributed by atoms with Crippen molar-refractivity contribution in [3.63, 3.8) is 0 Å². The van der Waals surface area contributed by atoms with Gasteiger partial charge in [-0.1, -0.05) is 66.7 Å². The van der Waals surface area contributed by atoms with E-state index in [0.717, 1.165) is 16.7 Å². The molecule has 0 unspecified atom stereocenters. The summed E-state index contributed by atoms with van der Waals surface area (Å²) in [7, 11) is 0. The zero-order chi connectivity index (χ0) is 17.3. The number of hydrogen-bond acceptors (Lipinski definition) is 2. The van der Waals surface area contributed by atoms with Crippen molar-refractivity contribution in [2.24, 2.45) is 0 Å².